The molecule has 0 aliphatic rings. The van der Waals surface area contributed by atoms with Gasteiger partial charge in [-0.3, -0.25) is 0 Å². The van der Waals surface area contributed by atoms with Gasteiger partial charge in [-0.2, -0.15) is 0 Å². The second kappa shape index (κ2) is 8.29. The Morgan fingerprint density at radius 3 is 2.68 bits per heavy atom. The first kappa shape index (κ1) is 19.7. The quantitative estimate of drug-likeness (QED) is 0.325. The van der Waals surface area contributed by atoms with Gasteiger partial charge >= 0.3 is 0 Å². The maximum Gasteiger partial charge on any atom is 0.184 e. The van der Waals surface area contributed by atoms with Gasteiger partial charge in [0.2, 0.25) is 0 Å². The van der Waals surface area contributed by atoms with Crippen molar-refractivity contribution >= 4 is 26.6 Å². The Bertz CT molecular complexity index is 1180. The molecule has 144 valence electrons. The van der Waals surface area contributed by atoms with E-state index in [9.17, 15) is 12.8 Å². The molecule has 0 aliphatic heterocycles. The molecule has 0 N–H and O–H groups in total. The van der Waals surface area contributed by atoms with E-state index in [1.807, 2.05) is 18.2 Å². The standard InChI is InChI=1S/C20H19FN4O2S/c1-25-14-19(20-16(10-12-23-24-22)8-5-9-18(20)25)28(26,27)13-11-17(21)15-6-3-2-4-7-15/h2-9,11,14H,10,12-13H2,1H3. The van der Waals surface area contributed by atoms with Gasteiger partial charge in [0.25, 0.3) is 0 Å². The smallest absolute Gasteiger partial charge is 0.184 e. The molecular weight excluding hydrogens is 379 g/mol. The third-order valence-electron chi connectivity index (χ3n) is 4.48. The molecule has 28 heavy (non-hydrogen) atoms. The van der Waals surface area contributed by atoms with Gasteiger partial charge in [-0.15, -0.1) is 0 Å². The van der Waals surface area contributed by atoms with E-state index in [0.717, 1.165) is 17.2 Å². The van der Waals surface area contributed by atoms with Crippen molar-refractivity contribution in [1.29, 1.82) is 0 Å². The lowest BCUT2D eigenvalue weighted by molar-refractivity contribution is 0.599. The van der Waals surface area contributed by atoms with E-state index < -0.39 is 21.4 Å². The van der Waals surface area contributed by atoms with E-state index in [1.165, 1.54) is 0 Å². The van der Waals surface area contributed by atoms with E-state index in [2.05, 4.69) is 10.0 Å². The van der Waals surface area contributed by atoms with E-state index in [-0.39, 0.29) is 11.4 Å². The molecule has 3 rings (SSSR count). The molecule has 0 saturated heterocycles. The molecule has 0 bridgehead atoms. The van der Waals surface area contributed by atoms with E-state index in [0.29, 0.717) is 17.4 Å². The topological polar surface area (TPSA) is 87.8 Å². The Hall–Kier alpha value is -3.09. The van der Waals surface area contributed by atoms with Crippen molar-refractivity contribution in [2.45, 2.75) is 11.3 Å². The molecule has 6 nitrogen and oxygen atoms in total. The average molecular weight is 398 g/mol. The van der Waals surface area contributed by atoms with Crippen LogP contribution in [0.25, 0.3) is 27.2 Å². The van der Waals surface area contributed by atoms with Crippen LogP contribution in [0.5, 0.6) is 0 Å². The summed E-state index contributed by atoms with van der Waals surface area (Å²) in [6.45, 7) is 0.229. The monoisotopic (exact) mass is 398 g/mol. The fourth-order valence-corrected chi connectivity index (χ4v) is 4.53. The number of hydrogen-bond donors (Lipinski definition) is 0. The number of halogens is 1. The summed E-state index contributed by atoms with van der Waals surface area (Å²) in [5.41, 5.74) is 10.3. The molecule has 0 atom stereocenters. The van der Waals surface area contributed by atoms with E-state index >= 15 is 0 Å². The molecule has 0 unspecified atom stereocenters. The highest BCUT2D eigenvalue weighted by Gasteiger charge is 2.22. The van der Waals surface area contributed by atoms with Crippen molar-refractivity contribution in [3.05, 3.63) is 82.4 Å². The predicted molar refractivity (Wildman–Crippen MR) is 108 cm³/mol. The summed E-state index contributed by atoms with van der Waals surface area (Å²) < 4.78 is 42.0. The summed E-state index contributed by atoms with van der Waals surface area (Å²) in [6.07, 6.45) is 3.06. The van der Waals surface area contributed by atoms with Crippen LogP contribution in [-0.2, 0) is 23.3 Å². The van der Waals surface area contributed by atoms with Gasteiger partial charge in [0.05, 0.1) is 10.6 Å². The first-order chi connectivity index (χ1) is 13.4. The van der Waals surface area contributed by atoms with Gasteiger partial charge in [-0.1, -0.05) is 47.6 Å². The summed E-state index contributed by atoms with van der Waals surface area (Å²) in [6, 6.07) is 13.8. The number of nitrogens with zero attached hydrogens (tertiary/aromatic N) is 4. The Kier molecular flexibility index (Phi) is 5.82. The highest BCUT2D eigenvalue weighted by Crippen LogP contribution is 2.30. The fraction of sp³-hybridized carbons (Fsp3) is 0.200. The van der Waals surface area contributed by atoms with Crippen LogP contribution in [-0.4, -0.2) is 25.3 Å². The lowest BCUT2D eigenvalue weighted by atomic mass is 10.1. The lowest BCUT2D eigenvalue weighted by Gasteiger charge is -2.06. The van der Waals surface area contributed by atoms with Crippen LogP contribution in [0.3, 0.4) is 0 Å². The van der Waals surface area contributed by atoms with Gasteiger partial charge in [0.1, 0.15) is 5.83 Å². The Morgan fingerprint density at radius 1 is 1.21 bits per heavy atom. The number of benzene rings is 2. The van der Waals surface area contributed by atoms with Gasteiger partial charge in [0.15, 0.2) is 9.84 Å². The summed E-state index contributed by atoms with van der Waals surface area (Å²) in [5.74, 6) is -1.02. The minimum Gasteiger partial charge on any atom is -0.349 e. The zero-order valence-corrected chi connectivity index (χ0v) is 16.1. The molecule has 0 amide bonds. The molecular formula is C20H19FN4O2S. The summed E-state index contributed by atoms with van der Waals surface area (Å²) in [4.78, 5) is 2.89. The summed E-state index contributed by atoms with van der Waals surface area (Å²) in [7, 11) is -2.00. The van der Waals surface area contributed by atoms with Gasteiger partial charge in [-0.05, 0) is 29.7 Å². The predicted octanol–water partition coefficient (Wildman–Crippen LogP) is 4.82. The third kappa shape index (κ3) is 4.08. The number of hydrogen-bond acceptors (Lipinski definition) is 3. The van der Waals surface area contributed by atoms with Crippen LogP contribution in [0.2, 0.25) is 0 Å². The number of azide groups is 1. The van der Waals surface area contributed by atoms with Gasteiger partial charge < -0.3 is 4.57 Å². The van der Waals surface area contributed by atoms with Crippen LogP contribution in [0, 0.1) is 0 Å². The fourth-order valence-electron chi connectivity index (χ4n) is 3.12. The molecule has 8 heteroatoms. The summed E-state index contributed by atoms with van der Waals surface area (Å²) in [5, 5.41) is 4.12. The number of sulfone groups is 1. The molecule has 0 saturated carbocycles. The van der Waals surface area contributed by atoms with Crippen LogP contribution in [0.15, 0.2) is 70.8 Å². The Balaban J connectivity index is 2.00. The normalized spacial score (nSPS) is 12.1. The molecule has 0 spiro atoms. The highest BCUT2D eigenvalue weighted by atomic mass is 32.2. The second-order valence-corrected chi connectivity index (χ2v) is 8.32. The minimum absolute atomic E-state index is 0.152. The van der Waals surface area contributed by atoms with Gasteiger partial charge in [0, 0.05) is 41.2 Å². The molecule has 0 fully saturated rings. The van der Waals surface area contributed by atoms with Crippen molar-refractivity contribution in [1.82, 2.24) is 4.57 Å². The molecule has 3 aromatic rings. The van der Waals surface area contributed by atoms with Crippen molar-refractivity contribution in [2.24, 2.45) is 12.2 Å². The first-order valence-corrected chi connectivity index (χ1v) is 10.3. The van der Waals surface area contributed by atoms with E-state index in [1.54, 1.807) is 48.1 Å². The number of rotatable bonds is 7. The lowest BCUT2D eigenvalue weighted by Crippen LogP contribution is -2.05. The minimum atomic E-state index is -3.76. The van der Waals surface area contributed by atoms with Crippen molar-refractivity contribution in [3.63, 3.8) is 0 Å². The Morgan fingerprint density at radius 2 is 1.96 bits per heavy atom. The first-order valence-electron chi connectivity index (χ1n) is 8.65. The maximum atomic E-state index is 14.3. The van der Waals surface area contributed by atoms with Crippen LogP contribution < -0.4 is 0 Å². The molecule has 0 aliphatic carbocycles. The number of aromatic nitrogens is 1. The number of fused-ring (bicyclic) bond motifs is 1. The van der Waals surface area contributed by atoms with Crippen LogP contribution in [0.4, 0.5) is 4.39 Å². The van der Waals surface area contributed by atoms with Gasteiger partial charge in [-0.25, -0.2) is 12.8 Å². The summed E-state index contributed by atoms with van der Waals surface area (Å²) >= 11 is 0. The maximum absolute atomic E-state index is 14.3. The van der Waals surface area contributed by atoms with Crippen molar-refractivity contribution < 1.29 is 12.8 Å². The van der Waals surface area contributed by atoms with Crippen molar-refractivity contribution in [2.75, 3.05) is 12.3 Å². The molecule has 1 aromatic heterocycles. The zero-order valence-electron chi connectivity index (χ0n) is 15.3. The highest BCUT2D eigenvalue weighted by molar-refractivity contribution is 7.91. The third-order valence-corrected chi connectivity index (χ3v) is 6.06. The molecule has 1 heterocycles. The zero-order chi connectivity index (χ0) is 20.1. The molecule has 2 aromatic carbocycles. The average Bonchev–Trinajstić information content (AvgIpc) is 3.06. The largest absolute Gasteiger partial charge is 0.349 e. The van der Waals surface area contributed by atoms with Crippen LogP contribution in [0.1, 0.15) is 11.1 Å². The van der Waals surface area contributed by atoms with Crippen LogP contribution >= 0.6 is 0 Å². The molecule has 0 radical (unpaired) electrons. The van der Waals surface area contributed by atoms with Crippen molar-refractivity contribution in [3.8, 4) is 0 Å². The number of aryl methyl sites for hydroxylation is 1. The Labute approximate surface area is 162 Å². The SMILES string of the molecule is Cn1cc(S(=O)(=O)CC=C(F)c2ccccc2)c2c(CCN=[N+]=[N-])cccc21. The van der Waals surface area contributed by atoms with E-state index in [4.69, 9.17) is 5.53 Å². The second-order valence-electron chi connectivity index (χ2n) is 6.32.